The molecule has 0 aliphatic heterocycles. The Bertz CT molecular complexity index is 315. The van der Waals surface area contributed by atoms with Crippen molar-refractivity contribution in [3.63, 3.8) is 0 Å². The number of nitrogens with one attached hydrogen (secondary N) is 1. The van der Waals surface area contributed by atoms with Crippen LogP contribution in [0.15, 0.2) is 0 Å². The van der Waals surface area contributed by atoms with Crippen LogP contribution in [-0.2, 0) is 4.79 Å². The maximum atomic E-state index is 11.9. The van der Waals surface area contributed by atoms with Crippen molar-refractivity contribution in [1.29, 1.82) is 0 Å². The minimum Gasteiger partial charge on any atom is -0.480 e. The number of aliphatic carboxylic acids is 1. The zero-order valence-corrected chi connectivity index (χ0v) is 10.2. The van der Waals surface area contributed by atoms with E-state index >= 15 is 0 Å². The molecule has 2 unspecified atom stereocenters. The lowest BCUT2D eigenvalue weighted by Crippen LogP contribution is -2.45. The second kappa shape index (κ2) is 4.94. The zero-order valence-electron chi connectivity index (χ0n) is 10.2. The number of hydrogen-bond donors (Lipinski definition) is 2. The fourth-order valence-electron chi connectivity index (χ4n) is 2.25. The number of carbonyl (C=O) groups is 2. The minimum atomic E-state index is -0.937. The van der Waals surface area contributed by atoms with Gasteiger partial charge >= 0.3 is 12.0 Å². The molecular weight excluding hydrogens is 220 g/mol. The van der Waals surface area contributed by atoms with Crippen LogP contribution in [0.3, 0.4) is 0 Å². The summed E-state index contributed by atoms with van der Waals surface area (Å²) in [7, 11) is 0. The van der Waals surface area contributed by atoms with Gasteiger partial charge in [-0.25, -0.2) is 4.79 Å². The van der Waals surface area contributed by atoms with Crippen LogP contribution in [0.1, 0.15) is 39.0 Å². The molecule has 0 heterocycles. The SMILES string of the molecule is CCCC1CC1NC(=O)N(CC(=O)O)C1CC1. The summed E-state index contributed by atoms with van der Waals surface area (Å²) in [6, 6.07) is 0.227. The molecule has 2 rings (SSSR count). The maximum absolute atomic E-state index is 11.9. The Kier molecular flexibility index (Phi) is 3.54. The number of urea groups is 1. The van der Waals surface area contributed by atoms with Crippen LogP contribution in [-0.4, -0.2) is 40.6 Å². The first-order valence-corrected chi connectivity index (χ1v) is 6.40. The third-order valence-corrected chi connectivity index (χ3v) is 3.45. The van der Waals surface area contributed by atoms with E-state index in [-0.39, 0.29) is 24.7 Å². The van der Waals surface area contributed by atoms with E-state index in [2.05, 4.69) is 12.2 Å². The van der Waals surface area contributed by atoms with Gasteiger partial charge in [0.15, 0.2) is 0 Å². The molecule has 0 spiro atoms. The van der Waals surface area contributed by atoms with E-state index in [1.54, 1.807) is 0 Å². The highest BCUT2D eigenvalue weighted by molar-refractivity contribution is 5.81. The molecule has 17 heavy (non-hydrogen) atoms. The van der Waals surface area contributed by atoms with Gasteiger partial charge in [0, 0.05) is 12.1 Å². The molecule has 0 aromatic heterocycles. The number of nitrogens with zero attached hydrogens (tertiary/aromatic N) is 1. The summed E-state index contributed by atoms with van der Waals surface area (Å²) >= 11 is 0. The molecule has 0 radical (unpaired) electrons. The van der Waals surface area contributed by atoms with Crippen LogP contribution in [0.4, 0.5) is 4.79 Å². The molecule has 96 valence electrons. The second-order valence-electron chi connectivity index (χ2n) is 5.09. The van der Waals surface area contributed by atoms with Gasteiger partial charge in [-0.1, -0.05) is 13.3 Å². The molecule has 0 saturated heterocycles. The number of hydrogen-bond acceptors (Lipinski definition) is 2. The maximum Gasteiger partial charge on any atom is 0.323 e. The van der Waals surface area contributed by atoms with Gasteiger partial charge in [0.2, 0.25) is 0 Å². The Morgan fingerprint density at radius 1 is 1.41 bits per heavy atom. The van der Waals surface area contributed by atoms with E-state index in [0.29, 0.717) is 5.92 Å². The van der Waals surface area contributed by atoms with E-state index in [1.165, 1.54) is 4.90 Å². The molecule has 2 saturated carbocycles. The van der Waals surface area contributed by atoms with Crippen molar-refractivity contribution in [2.75, 3.05) is 6.54 Å². The first-order chi connectivity index (χ1) is 8.11. The van der Waals surface area contributed by atoms with Gasteiger partial charge < -0.3 is 15.3 Å². The van der Waals surface area contributed by atoms with Crippen molar-refractivity contribution >= 4 is 12.0 Å². The highest BCUT2D eigenvalue weighted by atomic mass is 16.4. The van der Waals surface area contributed by atoms with Crippen molar-refractivity contribution in [1.82, 2.24) is 10.2 Å². The monoisotopic (exact) mass is 240 g/mol. The van der Waals surface area contributed by atoms with Crippen molar-refractivity contribution in [3.05, 3.63) is 0 Å². The van der Waals surface area contributed by atoms with Gasteiger partial charge in [0.05, 0.1) is 0 Å². The highest BCUT2D eigenvalue weighted by Gasteiger charge is 2.40. The van der Waals surface area contributed by atoms with E-state index < -0.39 is 5.97 Å². The van der Waals surface area contributed by atoms with Crippen LogP contribution in [0, 0.1) is 5.92 Å². The predicted molar refractivity (Wildman–Crippen MR) is 62.7 cm³/mol. The lowest BCUT2D eigenvalue weighted by Gasteiger charge is -2.20. The lowest BCUT2D eigenvalue weighted by molar-refractivity contribution is -0.137. The Balaban J connectivity index is 1.79. The first kappa shape index (κ1) is 12.2. The molecule has 2 fully saturated rings. The summed E-state index contributed by atoms with van der Waals surface area (Å²) in [5, 5.41) is 11.7. The van der Waals surface area contributed by atoms with Crippen molar-refractivity contribution < 1.29 is 14.7 Å². The summed E-state index contributed by atoms with van der Waals surface area (Å²) in [4.78, 5) is 24.1. The van der Waals surface area contributed by atoms with Crippen LogP contribution >= 0.6 is 0 Å². The molecule has 2 aliphatic carbocycles. The van der Waals surface area contributed by atoms with Crippen molar-refractivity contribution in [3.8, 4) is 0 Å². The molecule has 0 bridgehead atoms. The van der Waals surface area contributed by atoms with Gasteiger partial charge in [-0.2, -0.15) is 0 Å². The van der Waals surface area contributed by atoms with E-state index in [4.69, 9.17) is 5.11 Å². The van der Waals surface area contributed by atoms with Crippen molar-refractivity contribution in [2.24, 2.45) is 5.92 Å². The summed E-state index contributed by atoms with van der Waals surface area (Å²) in [5.41, 5.74) is 0. The number of carboxylic acids is 1. The highest BCUT2D eigenvalue weighted by Crippen LogP contribution is 2.35. The quantitative estimate of drug-likeness (QED) is 0.738. The normalized spacial score (nSPS) is 26.4. The van der Waals surface area contributed by atoms with Crippen molar-refractivity contribution in [2.45, 2.75) is 51.1 Å². The summed E-state index contributed by atoms with van der Waals surface area (Å²) in [6.45, 7) is 1.96. The average molecular weight is 240 g/mol. The number of carboxylic acid groups (broad SMARTS) is 1. The largest absolute Gasteiger partial charge is 0.480 e. The summed E-state index contributed by atoms with van der Waals surface area (Å²) in [5.74, 6) is -0.331. The van der Waals surface area contributed by atoms with E-state index in [0.717, 1.165) is 32.1 Å². The molecule has 2 N–H and O–H groups in total. The van der Waals surface area contributed by atoms with Crippen LogP contribution in [0.2, 0.25) is 0 Å². The predicted octanol–water partition coefficient (Wildman–Crippen LogP) is 1.43. The summed E-state index contributed by atoms with van der Waals surface area (Å²) in [6.07, 6.45) is 5.20. The zero-order chi connectivity index (χ0) is 12.4. The molecule has 2 amide bonds. The number of amides is 2. The van der Waals surface area contributed by atoms with Gasteiger partial charge in [-0.3, -0.25) is 4.79 Å². The number of carbonyl (C=O) groups excluding carboxylic acids is 1. The average Bonchev–Trinajstić information content (AvgIpc) is 3.11. The molecule has 2 aliphatic rings. The molecule has 5 nitrogen and oxygen atoms in total. The van der Waals surface area contributed by atoms with Gasteiger partial charge in [0.25, 0.3) is 0 Å². The molecule has 5 heteroatoms. The molecule has 0 aromatic carbocycles. The molecular formula is C12H20N2O3. The number of rotatable bonds is 6. The van der Waals surface area contributed by atoms with Crippen LogP contribution in [0.5, 0.6) is 0 Å². The Morgan fingerprint density at radius 3 is 2.65 bits per heavy atom. The Labute approximate surface area is 101 Å². The van der Waals surface area contributed by atoms with Crippen LogP contribution in [0.25, 0.3) is 0 Å². The third kappa shape index (κ3) is 3.35. The minimum absolute atomic E-state index is 0.148. The smallest absolute Gasteiger partial charge is 0.323 e. The van der Waals surface area contributed by atoms with Crippen LogP contribution < -0.4 is 5.32 Å². The fourth-order valence-corrected chi connectivity index (χ4v) is 2.25. The summed E-state index contributed by atoms with van der Waals surface area (Å²) < 4.78 is 0. The van der Waals surface area contributed by atoms with Gasteiger partial charge in [-0.15, -0.1) is 0 Å². The lowest BCUT2D eigenvalue weighted by atomic mass is 10.2. The Hall–Kier alpha value is -1.26. The van der Waals surface area contributed by atoms with E-state index in [9.17, 15) is 9.59 Å². The Morgan fingerprint density at radius 2 is 2.12 bits per heavy atom. The standard InChI is InChI=1S/C12H20N2O3/c1-2-3-8-6-10(8)13-12(17)14(7-11(15)16)9-4-5-9/h8-10H,2-7H2,1H3,(H,13,17)(H,15,16). The fraction of sp³-hybridized carbons (Fsp3) is 0.833. The molecule has 2 atom stereocenters. The van der Waals surface area contributed by atoms with Gasteiger partial charge in [0.1, 0.15) is 6.54 Å². The topological polar surface area (TPSA) is 69.6 Å². The third-order valence-electron chi connectivity index (χ3n) is 3.45. The van der Waals surface area contributed by atoms with E-state index in [1.807, 2.05) is 0 Å². The molecule has 0 aromatic rings. The second-order valence-corrected chi connectivity index (χ2v) is 5.09. The van der Waals surface area contributed by atoms with Gasteiger partial charge in [-0.05, 0) is 31.6 Å². The first-order valence-electron chi connectivity index (χ1n) is 6.40.